The Morgan fingerprint density at radius 3 is 3.00 bits per heavy atom. The molecule has 118 valence electrons. The van der Waals surface area contributed by atoms with Crippen molar-refractivity contribution in [1.82, 2.24) is 28.7 Å². The van der Waals surface area contributed by atoms with Gasteiger partial charge in [0.05, 0.1) is 6.54 Å². The van der Waals surface area contributed by atoms with E-state index in [1.165, 1.54) is 4.31 Å². The van der Waals surface area contributed by atoms with Crippen molar-refractivity contribution in [3.05, 3.63) is 12.2 Å². The fraction of sp³-hybridized carbons (Fsp3) is 0.833. The quantitative estimate of drug-likeness (QED) is 0.792. The van der Waals surface area contributed by atoms with Crippen LogP contribution in [0.4, 0.5) is 0 Å². The van der Waals surface area contributed by atoms with Gasteiger partial charge in [-0.3, -0.25) is 0 Å². The average molecular weight is 314 g/mol. The maximum absolute atomic E-state index is 12.8. The molecule has 2 aliphatic rings. The Kier molecular flexibility index (Phi) is 4.25. The fourth-order valence-corrected chi connectivity index (χ4v) is 4.77. The van der Waals surface area contributed by atoms with E-state index in [2.05, 4.69) is 15.5 Å². The summed E-state index contributed by atoms with van der Waals surface area (Å²) in [7, 11) is -1.49. The Morgan fingerprint density at radius 1 is 1.33 bits per heavy atom. The Bertz CT molecular complexity index is 584. The molecule has 0 saturated carbocycles. The van der Waals surface area contributed by atoms with Crippen LogP contribution in [0.3, 0.4) is 0 Å². The van der Waals surface area contributed by atoms with Gasteiger partial charge in [-0.2, -0.15) is 17.0 Å². The van der Waals surface area contributed by atoms with Crippen LogP contribution in [0.5, 0.6) is 0 Å². The van der Waals surface area contributed by atoms with Crippen molar-refractivity contribution >= 4 is 10.2 Å². The van der Waals surface area contributed by atoms with Crippen LogP contribution in [-0.2, 0) is 23.3 Å². The minimum absolute atomic E-state index is 0.315. The summed E-state index contributed by atoms with van der Waals surface area (Å²) >= 11 is 0. The van der Waals surface area contributed by atoms with Crippen LogP contribution >= 0.6 is 0 Å². The third-order valence-electron chi connectivity index (χ3n) is 4.23. The van der Waals surface area contributed by atoms with Crippen molar-refractivity contribution in [2.45, 2.75) is 25.9 Å². The molecule has 0 bridgehead atoms. The highest BCUT2D eigenvalue weighted by molar-refractivity contribution is 7.86. The smallest absolute Gasteiger partial charge is 0.282 e. The van der Waals surface area contributed by atoms with Gasteiger partial charge in [-0.05, 0) is 32.4 Å². The standard InChI is InChI=1S/C12H22N6O2S/c1-13-7-11-3-2-4-17(8-11)21(19,20)18-6-5-16-10-14-15-12(16)9-18/h10-11,13H,2-9H2,1H3. The van der Waals surface area contributed by atoms with E-state index in [1.807, 2.05) is 11.6 Å². The molecule has 0 spiro atoms. The fourth-order valence-electron chi connectivity index (χ4n) is 3.10. The zero-order valence-corrected chi connectivity index (χ0v) is 13.1. The lowest BCUT2D eigenvalue weighted by atomic mass is 10.00. The van der Waals surface area contributed by atoms with E-state index in [-0.39, 0.29) is 0 Å². The normalized spacial score (nSPS) is 24.9. The molecule has 3 rings (SSSR count). The van der Waals surface area contributed by atoms with Gasteiger partial charge in [0, 0.05) is 26.2 Å². The Labute approximate surface area is 125 Å². The summed E-state index contributed by atoms with van der Waals surface area (Å²) in [6.07, 6.45) is 3.67. The number of rotatable bonds is 4. The van der Waals surface area contributed by atoms with Crippen LogP contribution in [0, 0.1) is 5.92 Å². The largest absolute Gasteiger partial charge is 0.319 e. The zero-order valence-electron chi connectivity index (χ0n) is 12.3. The third-order valence-corrected chi connectivity index (χ3v) is 6.18. The number of nitrogens with one attached hydrogen (secondary N) is 1. The van der Waals surface area contributed by atoms with Crippen molar-refractivity contribution in [2.75, 3.05) is 33.2 Å². The van der Waals surface area contributed by atoms with Crippen LogP contribution in [0.1, 0.15) is 18.7 Å². The first kappa shape index (κ1) is 14.9. The summed E-state index contributed by atoms with van der Waals surface area (Å²) in [4.78, 5) is 0. The Hall–Kier alpha value is -1.03. The molecule has 1 aromatic heterocycles. The van der Waals surface area contributed by atoms with Crippen LogP contribution in [0.25, 0.3) is 0 Å². The molecule has 8 nitrogen and oxygen atoms in total. The highest BCUT2D eigenvalue weighted by Crippen LogP contribution is 2.23. The first-order valence-corrected chi connectivity index (χ1v) is 8.77. The number of piperidine rings is 1. The molecule has 0 amide bonds. The van der Waals surface area contributed by atoms with E-state index in [0.29, 0.717) is 44.5 Å². The van der Waals surface area contributed by atoms with Gasteiger partial charge in [-0.25, -0.2) is 0 Å². The van der Waals surface area contributed by atoms with Crippen LogP contribution in [0.15, 0.2) is 6.33 Å². The van der Waals surface area contributed by atoms with E-state index in [9.17, 15) is 8.42 Å². The lowest BCUT2D eigenvalue weighted by Gasteiger charge is -2.36. The molecule has 0 aliphatic carbocycles. The highest BCUT2D eigenvalue weighted by atomic mass is 32.2. The van der Waals surface area contributed by atoms with Gasteiger partial charge in [0.25, 0.3) is 10.2 Å². The van der Waals surface area contributed by atoms with Gasteiger partial charge in [0.2, 0.25) is 0 Å². The second-order valence-electron chi connectivity index (χ2n) is 5.71. The lowest BCUT2D eigenvalue weighted by Crippen LogP contribution is -2.50. The van der Waals surface area contributed by atoms with E-state index in [4.69, 9.17) is 0 Å². The molecule has 1 unspecified atom stereocenters. The SMILES string of the molecule is CNCC1CCCN(S(=O)(=O)N2CCn3cnnc3C2)C1. The summed E-state index contributed by atoms with van der Waals surface area (Å²) in [6.45, 7) is 3.50. The summed E-state index contributed by atoms with van der Waals surface area (Å²) < 4.78 is 30.7. The van der Waals surface area contributed by atoms with Crippen molar-refractivity contribution in [3.63, 3.8) is 0 Å². The predicted octanol–water partition coefficient (Wildman–Crippen LogP) is -0.730. The predicted molar refractivity (Wildman–Crippen MR) is 77.6 cm³/mol. The first-order chi connectivity index (χ1) is 10.1. The van der Waals surface area contributed by atoms with Crippen molar-refractivity contribution in [2.24, 2.45) is 5.92 Å². The van der Waals surface area contributed by atoms with E-state index in [1.54, 1.807) is 10.6 Å². The molecule has 21 heavy (non-hydrogen) atoms. The van der Waals surface area contributed by atoms with Crippen molar-refractivity contribution in [3.8, 4) is 0 Å². The average Bonchev–Trinajstić information content (AvgIpc) is 2.95. The van der Waals surface area contributed by atoms with E-state index < -0.39 is 10.2 Å². The number of hydrogen-bond donors (Lipinski definition) is 1. The molecular formula is C12H22N6O2S. The monoisotopic (exact) mass is 314 g/mol. The molecular weight excluding hydrogens is 292 g/mol. The molecule has 3 heterocycles. The van der Waals surface area contributed by atoms with Gasteiger partial charge in [-0.15, -0.1) is 10.2 Å². The maximum atomic E-state index is 12.8. The summed E-state index contributed by atoms with van der Waals surface area (Å²) in [5, 5.41) is 11.0. The molecule has 0 radical (unpaired) electrons. The topological polar surface area (TPSA) is 83.4 Å². The zero-order chi connectivity index (χ0) is 14.9. The minimum atomic E-state index is -3.40. The van der Waals surface area contributed by atoms with E-state index in [0.717, 1.165) is 19.4 Å². The maximum Gasteiger partial charge on any atom is 0.282 e. The molecule has 1 fully saturated rings. The van der Waals surface area contributed by atoms with Crippen LogP contribution in [0.2, 0.25) is 0 Å². The summed E-state index contributed by atoms with van der Waals surface area (Å²) in [5.41, 5.74) is 0. The third kappa shape index (κ3) is 2.96. The van der Waals surface area contributed by atoms with Gasteiger partial charge < -0.3 is 9.88 Å². The van der Waals surface area contributed by atoms with Crippen molar-refractivity contribution < 1.29 is 8.42 Å². The van der Waals surface area contributed by atoms with Gasteiger partial charge in [0.15, 0.2) is 0 Å². The Morgan fingerprint density at radius 2 is 2.19 bits per heavy atom. The number of fused-ring (bicyclic) bond motifs is 1. The molecule has 9 heteroatoms. The second kappa shape index (κ2) is 5.99. The molecule has 2 aliphatic heterocycles. The van der Waals surface area contributed by atoms with Gasteiger partial charge in [0.1, 0.15) is 12.2 Å². The Balaban J connectivity index is 1.72. The van der Waals surface area contributed by atoms with Gasteiger partial charge in [-0.1, -0.05) is 0 Å². The first-order valence-electron chi connectivity index (χ1n) is 7.38. The minimum Gasteiger partial charge on any atom is -0.319 e. The van der Waals surface area contributed by atoms with Crippen LogP contribution in [-0.4, -0.2) is 65.0 Å². The molecule has 1 saturated heterocycles. The summed E-state index contributed by atoms with van der Waals surface area (Å²) in [5.74, 6) is 1.11. The van der Waals surface area contributed by atoms with Gasteiger partial charge >= 0.3 is 0 Å². The summed E-state index contributed by atoms with van der Waals surface area (Å²) in [6, 6.07) is 0. The number of nitrogens with zero attached hydrogens (tertiary/aromatic N) is 5. The van der Waals surface area contributed by atoms with Crippen molar-refractivity contribution in [1.29, 1.82) is 0 Å². The lowest BCUT2D eigenvalue weighted by molar-refractivity contribution is 0.234. The molecule has 1 aromatic rings. The number of hydrogen-bond acceptors (Lipinski definition) is 5. The van der Waals surface area contributed by atoms with Crippen LogP contribution < -0.4 is 5.32 Å². The molecule has 1 N–H and O–H groups in total. The molecule has 0 aromatic carbocycles. The highest BCUT2D eigenvalue weighted by Gasteiger charge is 2.35. The second-order valence-corrected chi connectivity index (χ2v) is 7.63. The van der Waals surface area contributed by atoms with E-state index >= 15 is 0 Å². The number of aromatic nitrogens is 3. The molecule has 1 atom stereocenters.